The molecule has 3 N–H and O–H groups in total. The number of carbonyl (C=O) groups is 4. The van der Waals surface area contributed by atoms with Gasteiger partial charge in [0.2, 0.25) is 5.91 Å². The van der Waals surface area contributed by atoms with Crippen LogP contribution in [0.4, 0.5) is 4.79 Å². The molecule has 1 aromatic carbocycles. The van der Waals surface area contributed by atoms with Crippen LogP contribution in [0.25, 0.3) is 0 Å². The van der Waals surface area contributed by atoms with Gasteiger partial charge in [0, 0.05) is 4.47 Å². The van der Waals surface area contributed by atoms with Crippen LogP contribution in [-0.2, 0) is 19.9 Å². The first-order chi connectivity index (χ1) is 13.9. The summed E-state index contributed by atoms with van der Waals surface area (Å²) in [6, 6.07) is 6.21. The summed E-state index contributed by atoms with van der Waals surface area (Å²) in [5.41, 5.74) is -2.23. The third-order valence-corrected chi connectivity index (χ3v) is 5.70. The summed E-state index contributed by atoms with van der Waals surface area (Å²) in [7, 11) is 3.74. The molecule has 2 rings (SSSR count). The molecular formula is C20H27BrN4O5. The van der Waals surface area contributed by atoms with E-state index in [9.17, 15) is 24.3 Å². The lowest BCUT2D eigenvalue weighted by Gasteiger charge is -2.28. The van der Waals surface area contributed by atoms with E-state index in [0.29, 0.717) is 18.5 Å². The van der Waals surface area contributed by atoms with E-state index in [4.69, 9.17) is 0 Å². The molecule has 1 aliphatic rings. The van der Waals surface area contributed by atoms with Crippen molar-refractivity contribution < 1.29 is 24.3 Å². The number of urea groups is 1. The molecule has 0 radical (unpaired) electrons. The molecule has 1 heterocycles. The predicted molar refractivity (Wildman–Crippen MR) is 114 cm³/mol. The molecule has 9 nitrogen and oxygen atoms in total. The Kier molecular flexibility index (Phi) is 7.25. The molecule has 0 spiro atoms. The molecule has 1 aliphatic heterocycles. The van der Waals surface area contributed by atoms with Crippen LogP contribution < -0.4 is 10.6 Å². The lowest BCUT2D eigenvalue weighted by molar-refractivity contribution is -0.147. The molecule has 164 valence electrons. The number of hydrogen-bond acceptors (Lipinski definition) is 5. The number of rotatable bonds is 9. The van der Waals surface area contributed by atoms with E-state index < -0.39 is 41.4 Å². The Morgan fingerprint density at radius 1 is 1.27 bits per heavy atom. The van der Waals surface area contributed by atoms with Gasteiger partial charge in [0.05, 0.1) is 0 Å². The molecule has 2 atom stereocenters. The highest BCUT2D eigenvalue weighted by atomic mass is 79.9. The molecule has 1 aromatic rings. The fraction of sp³-hybridized carbons (Fsp3) is 0.500. The summed E-state index contributed by atoms with van der Waals surface area (Å²) in [5.74, 6) is -2.46. The van der Waals surface area contributed by atoms with Crippen LogP contribution in [0, 0.1) is 0 Å². The Hall–Kier alpha value is -2.46. The second-order valence-corrected chi connectivity index (χ2v) is 8.96. The van der Waals surface area contributed by atoms with Gasteiger partial charge in [0.15, 0.2) is 0 Å². The van der Waals surface area contributed by atoms with Crippen molar-refractivity contribution in [3.05, 3.63) is 34.3 Å². The molecular weight excluding hydrogens is 456 g/mol. The van der Waals surface area contributed by atoms with Gasteiger partial charge in [-0.05, 0) is 65.0 Å². The SMILES string of the molecule is CN(C)CCCC(C)(NC(=O)CN1C(=O)NC(C)(c2ccc(Br)cc2)C1=O)C(=O)O. The molecule has 0 bridgehead atoms. The molecule has 10 heteroatoms. The lowest BCUT2D eigenvalue weighted by Crippen LogP contribution is -2.55. The van der Waals surface area contributed by atoms with E-state index in [0.717, 1.165) is 9.37 Å². The van der Waals surface area contributed by atoms with Gasteiger partial charge in [0.1, 0.15) is 17.6 Å². The van der Waals surface area contributed by atoms with Gasteiger partial charge in [0.25, 0.3) is 5.91 Å². The van der Waals surface area contributed by atoms with Crippen LogP contribution in [-0.4, -0.2) is 71.4 Å². The maximum atomic E-state index is 12.9. The number of carbonyl (C=O) groups excluding carboxylic acids is 3. The van der Waals surface area contributed by atoms with Crippen LogP contribution in [0.1, 0.15) is 32.3 Å². The molecule has 1 saturated heterocycles. The van der Waals surface area contributed by atoms with E-state index in [2.05, 4.69) is 26.6 Å². The van der Waals surface area contributed by atoms with Gasteiger partial charge in [-0.3, -0.25) is 14.5 Å². The number of hydrogen-bond donors (Lipinski definition) is 3. The average Bonchev–Trinajstić information content (AvgIpc) is 2.85. The quantitative estimate of drug-likeness (QED) is 0.459. The first kappa shape index (κ1) is 23.8. The highest BCUT2D eigenvalue weighted by Crippen LogP contribution is 2.29. The number of carboxylic acid groups (broad SMARTS) is 1. The number of carboxylic acids is 1. The van der Waals surface area contributed by atoms with Gasteiger partial charge in [-0.2, -0.15) is 0 Å². The summed E-state index contributed by atoms with van der Waals surface area (Å²) in [6.45, 7) is 3.09. The van der Waals surface area contributed by atoms with Crippen LogP contribution in [0.3, 0.4) is 0 Å². The Bertz CT molecular complexity index is 844. The van der Waals surface area contributed by atoms with Gasteiger partial charge in [-0.15, -0.1) is 0 Å². The topological polar surface area (TPSA) is 119 Å². The molecule has 4 amide bonds. The van der Waals surface area contributed by atoms with Crippen molar-refractivity contribution in [1.82, 2.24) is 20.4 Å². The van der Waals surface area contributed by atoms with E-state index in [1.165, 1.54) is 6.92 Å². The van der Waals surface area contributed by atoms with E-state index in [-0.39, 0.29) is 6.42 Å². The lowest BCUT2D eigenvalue weighted by atomic mass is 9.92. The molecule has 0 saturated carbocycles. The van der Waals surface area contributed by atoms with Crippen molar-refractivity contribution >= 4 is 39.7 Å². The van der Waals surface area contributed by atoms with Crippen molar-refractivity contribution in [3.63, 3.8) is 0 Å². The second kappa shape index (κ2) is 9.13. The third-order valence-electron chi connectivity index (χ3n) is 5.17. The highest BCUT2D eigenvalue weighted by molar-refractivity contribution is 9.10. The first-order valence-corrected chi connectivity index (χ1v) is 10.3. The molecule has 2 unspecified atom stereocenters. The average molecular weight is 483 g/mol. The monoisotopic (exact) mass is 482 g/mol. The zero-order chi connectivity index (χ0) is 22.7. The Balaban J connectivity index is 2.10. The first-order valence-electron chi connectivity index (χ1n) is 9.48. The normalized spacial score (nSPS) is 20.8. The van der Waals surface area contributed by atoms with Crippen molar-refractivity contribution in [2.75, 3.05) is 27.2 Å². The smallest absolute Gasteiger partial charge is 0.329 e. The van der Waals surface area contributed by atoms with Crippen molar-refractivity contribution in [2.24, 2.45) is 0 Å². The van der Waals surface area contributed by atoms with E-state index in [1.807, 2.05) is 19.0 Å². The summed E-state index contributed by atoms with van der Waals surface area (Å²) < 4.78 is 0.824. The summed E-state index contributed by atoms with van der Waals surface area (Å²) in [4.78, 5) is 52.3. The minimum Gasteiger partial charge on any atom is -0.480 e. The fourth-order valence-corrected chi connectivity index (χ4v) is 3.55. The Morgan fingerprint density at radius 2 is 1.87 bits per heavy atom. The zero-order valence-electron chi connectivity index (χ0n) is 17.5. The number of halogens is 1. The summed E-state index contributed by atoms with van der Waals surface area (Å²) in [5, 5.41) is 14.7. The maximum absolute atomic E-state index is 12.9. The minimum absolute atomic E-state index is 0.211. The molecule has 0 aliphatic carbocycles. The predicted octanol–water partition coefficient (Wildman–Crippen LogP) is 1.52. The largest absolute Gasteiger partial charge is 0.480 e. The second-order valence-electron chi connectivity index (χ2n) is 8.05. The number of nitrogens with one attached hydrogen (secondary N) is 2. The number of benzene rings is 1. The van der Waals surface area contributed by atoms with Gasteiger partial charge >= 0.3 is 12.0 Å². The van der Waals surface area contributed by atoms with Crippen molar-refractivity contribution in [2.45, 2.75) is 37.8 Å². The third kappa shape index (κ3) is 5.17. The number of amides is 4. The minimum atomic E-state index is -1.50. The summed E-state index contributed by atoms with van der Waals surface area (Å²) in [6.07, 6.45) is 0.768. The van der Waals surface area contributed by atoms with Gasteiger partial charge in [-0.1, -0.05) is 28.1 Å². The molecule has 30 heavy (non-hydrogen) atoms. The fourth-order valence-electron chi connectivity index (χ4n) is 3.28. The molecule has 1 fully saturated rings. The van der Waals surface area contributed by atoms with Gasteiger partial charge < -0.3 is 20.6 Å². The highest BCUT2D eigenvalue weighted by Gasteiger charge is 2.49. The van der Waals surface area contributed by atoms with Crippen molar-refractivity contribution in [1.29, 1.82) is 0 Å². The van der Waals surface area contributed by atoms with Crippen LogP contribution in [0.15, 0.2) is 28.7 Å². The standard InChI is InChI=1S/C20H27BrN4O5/c1-19(17(28)29,10-5-11-24(3)4)22-15(26)12-25-16(27)20(2,23-18(25)30)13-6-8-14(21)9-7-13/h6-9H,5,10-12H2,1-4H3,(H,22,26)(H,23,30)(H,28,29). The number of imide groups is 1. The Labute approximate surface area is 183 Å². The summed E-state index contributed by atoms with van der Waals surface area (Å²) >= 11 is 3.32. The zero-order valence-corrected chi connectivity index (χ0v) is 19.1. The van der Waals surface area contributed by atoms with Crippen molar-refractivity contribution in [3.8, 4) is 0 Å². The number of nitrogens with zero attached hydrogens (tertiary/aromatic N) is 2. The molecule has 0 aromatic heterocycles. The number of aliphatic carboxylic acids is 1. The van der Waals surface area contributed by atoms with Crippen LogP contribution >= 0.6 is 15.9 Å². The van der Waals surface area contributed by atoms with E-state index in [1.54, 1.807) is 31.2 Å². The Morgan fingerprint density at radius 3 is 2.40 bits per heavy atom. The van der Waals surface area contributed by atoms with Crippen LogP contribution in [0.5, 0.6) is 0 Å². The maximum Gasteiger partial charge on any atom is 0.329 e. The van der Waals surface area contributed by atoms with Gasteiger partial charge in [-0.25, -0.2) is 9.59 Å². The van der Waals surface area contributed by atoms with E-state index >= 15 is 0 Å². The van der Waals surface area contributed by atoms with Crippen LogP contribution in [0.2, 0.25) is 0 Å².